The van der Waals surface area contributed by atoms with Gasteiger partial charge in [-0.05, 0) is 54.9 Å². The zero-order valence-corrected chi connectivity index (χ0v) is 16.1. The Morgan fingerprint density at radius 2 is 1.96 bits per heavy atom. The first-order chi connectivity index (χ1) is 12.3. The van der Waals surface area contributed by atoms with E-state index in [1.807, 2.05) is 6.20 Å². The summed E-state index contributed by atoms with van der Waals surface area (Å²) in [5, 5.41) is 38.4. The van der Waals surface area contributed by atoms with Crippen molar-refractivity contribution in [2.45, 2.75) is 59.0 Å². The Bertz CT molecular complexity index is 723. The van der Waals surface area contributed by atoms with E-state index in [4.69, 9.17) is 0 Å². The topological polar surface area (TPSA) is 89.4 Å². The molecule has 0 amide bonds. The van der Waals surface area contributed by atoms with Gasteiger partial charge in [0.1, 0.15) is 0 Å². The van der Waals surface area contributed by atoms with E-state index in [0.29, 0.717) is 12.3 Å². The summed E-state index contributed by atoms with van der Waals surface area (Å²) in [6.45, 7) is 6.83. The number of H-pyrrole nitrogens is 1. The first-order valence-electron chi connectivity index (χ1n) is 9.96. The van der Waals surface area contributed by atoms with Gasteiger partial charge in [-0.3, -0.25) is 5.10 Å². The van der Waals surface area contributed by atoms with Crippen LogP contribution in [0.5, 0.6) is 0 Å². The molecule has 3 aliphatic carbocycles. The van der Waals surface area contributed by atoms with Crippen LogP contribution in [0.4, 0.5) is 0 Å². The van der Waals surface area contributed by atoms with E-state index in [9.17, 15) is 15.3 Å². The molecule has 0 saturated carbocycles. The number of aliphatic hydroxyl groups is 3. The summed E-state index contributed by atoms with van der Waals surface area (Å²) in [4.78, 5) is 0. The number of aliphatic hydroxyl groups excluding tert-OH is 3. The minimum absolute atomic E-state index is 0.0742. The Morgan fingerprint density at radius 3 is 2.65 bits per heavy atom. The number of hydrogen-bond donors (Lipinski definition) is 4. The summed E-state index contributed by atoms with van der Waals surface area (Å²) in [7, 11) is 0. The molecule has 0 aromatic carbocycles. The number of aromatic amines is 1. The van der Waals surface area contributed by atoms with Crippen molar-refractivity contribution in [2.75, 3.05) is 13.2 Å². The molecule has 144 valence electrons. The third-order valence-corrected chi connectivity index (χ3v) is 8.08. The normalized spacial score (nSPS) is 39.0. The van der Waals surface area contributed by atoms with E-state index >= 15 is 0 Å². The Morgan fingerprint density at radius 1 is 1.19 bits per heavy atom. The molecule has 0 spiro atoms. The van der Waals surface area contributed by atoms with Gasteiger partial charge in [0.05, 0.1) is 12.3 Å². The maximum atomic E-state index is 10.6. The van der Waals surface area contributed by atoms with Gasteiger partial charge in [-0.15, -0.1) is 0 Å². The minimum atomic E-state index is -0.353. The van der Waals surface area contributed by atoms with Crippen molar-refractivity contribution in [3.63, 3.8) is 0 Å². The van der Waals surface area contributed by atoms with E-state index in [1.165, 1.54) is 16.7 Å². The predicted octanol–water partition coefficient (Wildman–Crippen LogP) is 2.23. The van der Waals surface area contributed by atoms with Crippen molar-refractivity contribution in [3.05, 3.63) is 28.6 Å². The molecule has 0 aliphatic heterocycles. The minimum Gasteiger partial charge on any atom is -0.396 e. The largest absolute Gasteiger partial charge is 0.396 e. The number of nitrogens with zero attached hydrogens (tertiary/aromatic N) is 1. The number of nitrogens with one attached hydrogen (secondary N) is 1. The number of fused-ring (bicyclic) bond motifs is 1. The Hall–Kier alpha value is -1.17. The Kier molecular flexibility index (Phi) is 4.33. The third kappa shape index (κ3) is 2.44. The molecule has 1 heterocycles. The molecular weight excluding hydrogens is 328 g/mol. The van der Waals surface area contributed by atoms with Crippen molar-refractivity contribution in [3.8, 4) is 0 Å². The van der Waals surface area contributed by atoms with Gasteiger partial charge in [-0.2, -0.15) is 5.10 Å². The van der Waals surface area contributed by atoms with E-state index in [2.05, 4.69) is 31.0 Å². The Balaban J connectivity index is 1.72. The molecule has 5 atom stereocenters. The third-order valence-electron chi connectivity index (χ3n) is 8.08. The molecule has 26 heavy (non-hydrogen) atoms. The first-order valence-corrected chi connectivity index (χ1v) is 9.96. The van der Waals surface area contributed by atoms with Gasteiger partial charge in [0.2, 0.25) is 0 Å². The molecule has 0 radical (unpaired) electrons. The van der Waals surface area contributed by atoms with Crippen LogP contribution in [0.3, 0.4) is 0 Å². The van der Waals surface area contributed by atoms with Crippen LogP contribution in [0, 0.1) is 28.6 Å². The first kappa shape index (κ1) is 18.2. The van der Waals surface area contributed by atoms with Gasteiger partial charge < -0.3 is 15.3 Å². The molecule has 3 aliphatic rings. The molecule has 1 aromatic heterocycles. The molecule has 0 fully saturated rings. The van der Waals surface area contributed by atoms with Crippen LogP contribution >= 0.6 is 0 Å². The van der Waals surface area contributed by atoms with E-state index < -0.39 is 0 Å². The highest BCUT2D eigenvalue weighted by Crippen LogP contribution is 2.58. The fourth-order valence-electron chi connectivity index (χ4n) is 6.24. The van der Waals surface area contributed by atoms with E-state index in [-0.39, 0.29) is 42.0 Å². The van der Waals surface area contributed by atoms with Crippen LogP contribution in [0.1, 0.15) is 51.3 Å². The van der Waals surface area contributed by atoms with Crippen LogP contribution < -0.4 is 0 Å². The lowest BCUT2D eigenvalue weighted by molar-refractivity contribution is -0.00643. The SMILES string of the molecule is CC1(C)C2=C(C[C@H]1O)[C@H](CO)[C@@H]([C@@]1(C)Cc3cn[nH]c3C[C@@H]1CO)CC2. The van der Waals surface area contributed by atoms with Gasteiger partial charge in [0, 0.05) is 30.2 Å². The predicted molar refractivity (Wildman–Crippen MR) is 99.4 cm³/mol. The highest BCUT2D eigenvalue weighted by Gasteiger charge is 2.53. The fourth-order valence-corrected chi connectivity index (χ4v) is 6.24. The molecule has 5 heteroatoms. The van der Waals surface area contributed by atoms with Gasteiger partial charge >= 0.3 is 0 Å². The lowest BCUT2D eigenvalue weighted by atomic mass is 9.54. The molecule has 0 bridgehead atoms. The highest BCUT2D eigenvalue weighted by molar-refractivity contribution is 5.35. The summed E-state index contributed by atoms with van der Waals surface area (Å²) >= 11 is 0. The van der Waals surface area contributed by atoms with Crippen molar-refractivity contribution in [1.29, 1.82) is 0 Å². The van der Waals surface area contributed by atoms with Gasteiger partial charge in [-0.1, -0.05) is 31.9 Å². The van der Waals surface area contributed by atoms with Gasteiger partial charge in [0.15, 0.2) is 0 Å². The van der Waals surface area contributed by atoms with Crippen molar-refractivity contribution >= 4 is 0 Å². The molecule has 4 rings (SSSR count). The van der Waals surface area contributed by atoms with Crippen LogP contribution in [-0.4, -0.2) is 44.8 Å². The van der Waals surface area contributed by atoms with Gasteiger partial charge in [-0.25, -0.2) is 0 Å². The maximum absolute atomic E-state index is 10.6. The second kappa shape index (κ2) is 6.18. The fraction of sp³-hybridized carbons (Fsp3) is 0.762. The summed E-state index contributed by atoms with van der Waals surface area (Å²) in [5.74, 6) is 0.561. The average Bonchev–Trinajstić information content (AvgIpc) is 3.15. The lowest BCUT2D eigenvalue weighted by Crippen LogP contribution is -2.48. The smallest absolute Gasteiger partial charge is 0.0665 e. The van der Waals surface area contributed by atoms with Crippen LogP contribution in [0.25, 0.3) is 0 Å². The number of rotatable bonds is 3. The summed E-state index contributed by atoms with van der Waals surface area (Å²) < 4.78 is 0. The number of hydrogen-bond acceptors (Lipinski definition) is 4. The molecule has 0 unspecified atom stereocenters. The van der Waals surface area contributed by atoms with E-state index in [0.717, 1.165) is 31.4 Å². The summed E-state index contributed by atoms with van der Waals surface area (Å²) in [6.07, 6.45) is 5.96. The van der Waals surface area contributed by atoms with Crippen molar-refractivity contribution in [1.82, 2.24) is 10.2 Å². The molecule has 4 N–H and O–H groups in total. The lowest BCUT2D eigenvalue weighted by Gasteiger charge is -2.51. The second-order valence-electron chi connectivity index (χ2n) is 9.52. The second-order valence-corrected chi connectivity index (χ2v) is 9.52. The quantitative estimate of drug-likeness (QED) is 0.622. The molecule has 0 saturated heterocycles. The molecule has 1 aromatic rings. The molecule has 5 nitrogen and oxygen atoms in total. The zero-order chi connectivity index (χ0) is 18.7. The Labute approximate surface area is 155 Å². The van der Waals surface area contributed by atoms with Gasteiger partial charge in [0.25, 0.3) is 0 Å². The summed E-state index contributed by atoms with van der Waals surface area (Å²) in [5.41, 5.74) is 4.79. The standard InChI is InChI=1S/C21H32N2O3/c1-20(2)16-4-5-17(15(11-25)14(16)7-19(20)26)21(3)8-12-9-22-23-18(12)6-13(21)10-24/h9,13,15,17,19,24-26H,4-8,10-11H2,1-3H3,(H,22,23)/t13-,15+,17+,19-,21+/m1/s1. The maximum Gasteiger partial charge on any atom is 0.0665 e. The van der Waals surface area contributed by atoms with E-state index in [1.54, 1.807) is 0 Å². The molecular formula is C21H32N2O3. The monoisotopic (exact) mass is 360 g/mol. The van der Waals surface area contributed by atoms with Crippen molar-refractivity contribution < 1.29 is 15.3 Å². The van der Waals surface area contributed by atoms with Crippen LogP contribution in [0.2, 0.25) is 0 Å². The zero-order valence-electron chi connectivity index (χ0n) is 16.1. The van der Waals surface area contributed by atoms with Crippen LogP contribution in [0.15, 0.2) is 17.3 Å². The average molecular weight is 360 g/mol. The summed E-state index contributed by atoms with van der Waals surface area (Å²) in [6, 6.07) is 0. The number of aromatic nitrogens is 2. The van der Waals surface area contributed by atoms with Crippen LogP contribution in [-0.2, 0) is 12.8 Å². The highest BCUT2D eigenvalue weighted by atomic mass is 16.3. The van der Waals surface area contributed by atoms with Crippen molar-refractivity contribution in [2.24, 2.45) is 28.6 Å².